The van der Waals surface area contributed by atoms with E-state index in [1.54, 1.807) is 7.11 Å². The number of aromatic carboxylic acids is 1. The fourth-order valence-corrected chi connectivity index (χ4v) is 4.34. The number of methoxy groups -OCH3 is 1. The summed E-state index contributed by atoms with van der Waals surface area (Å²) in [6.45, 7) is 1.42. The Labute approximate surface area is 179 Å². The average molecular weight is 419 g/mol. The Balaban J connectivity index is 1.51. The van der Waals surface area contributed by atoms with E-state index in [-0.39, 0.29) is 5.69 Å². The molecule has 0 aliphatic heterocycles. The second-order valence-corrected chi connectivity index (χ2v) is 7.96. The molecule has 0 spiro atoms. The van der Waals surface area contributed by atoms with E-state index in [0.29, 0.717) is 6.54 Å². The molecule has 5 nitrogen and oxygen atoms in total. The number of hydrogen-bond donors (Lipinski definition) is 3. The van der Waals surface area contributed by atoms with Gasteiger partial charge in [-0.2, -0.15) is 0 Å². The highest BCUT2D eigenvalue weighted by Gasteiger charge is 2.18. The number of carbonyl (C=O) groups is 1. The largest absolute Gasteiger partial charge is 0.497 e. The Kier molecular flexibility index (Phi) is 6.07. The molecule has 0 bridgehead atoms. The van der Waals surface area contributed by atoms with Crippen LogP contribution in [-0.4, -0.2) is 23.2 Å². The maximum Gasteiger partial charge on any atom is 0.353 e. The first-order valence-electron chi connectivity index (χ1n) is 9.58. The number of aromatic nitrogens is 1. The number of hydrogen-bond acceptors (Lipinski definition) is 4. The molecule has 0 aliphatic carbocycles. The van der Waals surface area contributed by atoms with Gasteiger partial charge in [0.1, 0.15) is 11.4 Å². The number of benzene rings is 3. The predicted molar refractivity (Wildman–Crippen MR) is 119 cm³/mol. The van der Waals surface area contributed by atoms with E-state index in [0.717, 1.165) is 38.6 Å². The zero-order valence-electron chi connectivity index (χ0n) is 16.5. The van der Waals surface area contributed by atoms with Gasteiger partial charge in [-0.3, -0.25) is 0 Å². The summed E-state index contributed by atoms with van der Waals surface area (Å²) in [4.78, 5) is 16.6. The highest BCUT2D eigenvalue weighted by molar-refractivity contribution is 7.99. The van der Waals surface area contributed by atoms with Gasteiger partial charge in [-0.15, -0.1) is 0 Å². The lowest BCUT2D eigenvalue weighted by molar-refractivity contribution is 0.0688. The van der Waals surface area contributed by atoms with Gasteiger partial charge >= 0.3 is 5.97 Å². The molecule has 4 aromatic rings. The van der Waals surface area contributed by atoms with Crippen LogP contribution < -0.4 is 10.1 Å². The zero-order valence-corrected chi connectivity index (χ0v) is 17.3. The maximum atomic E-state index is 11.8. The van der Waals surface area contributed by atoms with Crippen molar-refractivity contribution >= 4 is 28.6 Å². The quantitative estimate of drug-likeness (QED) is 0.361. The molecule has 6 heteroatoms. The molecule has 1 aromatic heterocycles. The van der Waals surface area contributed by atoms with Crippen LogP contribution in [0.1, 0.15) is 21.6 Å². The van der Waals surface area contributed by atoms with Crippen molar-refractivity contribution < 1.29 is 14.6 Å². The number of H-pyrrole nitrogens is 1. The number of aromatic amines is 1. The van der Waals surface area contributed by atoms with Crippen LogP contribution in [0.3, 0.4) is 0 Å². The Morgan fingerprint density at radius 1 is 1.00 bits per heavy atom. The van der Waals surface area contributed by atoms with E-state index < -0.39 is 5.97 Å². The van der Waals surface area contributed by atoms with Crippen molar-refractivity contribution in [2.75, 3.05) is 7.11 Å². The SMILES string of the molecule is COc1ccc(CNCc2ccc3c(Sc4ccccc4)c(C(=O)O)[nH]c3c2)cc1. The molecule has 0 saturated carbocycles. The van der Waals surface area contributed by atoms with E-state index in [9.17, 15) is 9.90 Å². The number of ether oxygens (including phenoxy) is 1. The fourth-order valence-electron chi connectivity index (χ4n) is 3.29. The molecule has 4 rings (SSSR count). The van der Waals surface area contributed by atoms with E-state index in [2.05, 4.69) is 10.3 Å². The number of carboxylic acid groups (broad SMARTS) is 1. The van der Waals surface area contributed by atoms with Gasteiger partial charge in [0, 0.05) is 28.9 Å². The van der Waals surface area contributed by atoms with Crippen LogP contribution in [0.2, 0.25) is 0 Å². The van der Waals surface area contributed by atoms with Gasteiger partial charge in [0.25, 0.3) is 0 Å². The molecular formula is C24H22N2O3S. The van der Waals surface area contributed by atoms with E-state index in [1.165, 1.54) is 17.3 Å². The Bertz CT molecular complexity index is 1150. The molecular weight excluding hydrogens is 396 g/mol. The minimum Gasteiger partial charge on any atom is -0.497 e. The molecule has 3 N–H and O–H groups in total. The van der Waals surface area contributed by atoms with Crippen LogP contribution >= 0.6 is 11.8 Å². The van der Waals surface area contributed by atoms with E-state index in [4.69, 9.17) is 4.74 Å². The molecule has 0 fully saturated rings. The van der Waals surface area contributed by atoms with Crippen molar-refractivity contribution in [3.05, 3.63) is 89.6 Å². The summed E-state index contributed by atoms with van der Waals surface area (Å²) in [5.74, 6) is -0.113. The summed E-state index contributed by atoms with van der Waals surface area (Å²) in [5.41, 5.74) is 3.31. The van der Waals surface area contributed by atoms with Crippen LogP contribution in [0.4, 0.5) is 0 Å². The molecule has 0 saturated heterocycles. The van der Waals surface area contributed by atoms with E-state index >= 15 is 0 Å². The van der Waals surface area contributed by atoms with Crippen molar-refractivity contribution in [2.45, 2.75) is 22.9 Å². The molecule has 0 unspecified atom stereocenters. The standard InChI is InChI=1S/C24H22N2O3S/c1-29-18-10-7-16(8-11-18)14-25-15-17-9-12-20-21(13-17)26-22(24(27)28)23(20)30-19-5-3-2-4-6-19/h2-13,25-26H,14-15H2,1H3,(H,27,28). The lowest BCUT2D eigenvalue weighted by Gasteiger charge is -2.07. The highest BCUT2D eigenvalue weighted by Crippen LogP contribution is 2.37. The zero-order chi connectivity index (χ0) is 20.9. The summed E-state index contributed by atoms with van der Waals surface area (Å²) >= 11 is 1.46. The average Bonchev–Trinajstić information content (AvgIpc) is 3.13. The summed E-state index contributed by atoms with van der Waals surface area (Å²) < 4.78 is 5.18. The van der Waals surface area contributed by atoms with Crippen molar-refractivity contribution in [3.8, 4) is 5.75 Å². The van der Waals surface area contributed by atoms with Crippen LogP contribution in [0.5, 0.6) is 5.75 Å². The molecule has 0 atom stereocenters. The highest BCUT2D eigenvalue weighted by atomic mass is 32.2. The minimum absolute atomic E-state index is 0.224. The third kappa shape index (κ3) is 4.50. The minimum atomic E-state index is -0.955. The normalized spacial score (nSPS) is 11.0. The van der Waals surface area contributed by atoms with Gasteiger partial charge in [0.2, 0.25) is 0 Å². The first-order chi connectivity index (χ1) is 14.6. The summed E-state index contributed by atoms with van der Waals surface area (Å²) in [6, 6.07) is 23.8. The molecule has 0 radical (unpaired) electrons. The van der Waals surface area contributed by atoms with Gasteiger partial charge in [-0.1, -0.05) is 54.2 Å². The van der Waals surface area contributed by atoms with Gasteiger partial charge < -0.3 is 20.1 Å². The molecule has 0 amide bonds. The topological polar surface area (TPSA) is 74.3 Å². The molecule has 0 aliphatic rings. The third-order valence-electron chi connectivity index (χ3n) is 4.81. The van der Waals surface area contributed by atoms with Crippen LogP contribution in [0, 0.1) is 0 Å². The van der Waals surface area contributed by atoms with Crippen LogP contribution in [0.15, 0.2) is 82.6 Å². The maximum absolute atomic E-state index is 11.8. The first-order valence-corrected chi connectivity index (χ1v) is 10.4. The number of fused-ring (bicyclic) bond motifs is 1. The number of nitrogens with one attached hydrogen (secondary N) is 2. The number of carboxylic acids is 1. The van der Waals surface area contributed by atoms with Crippen molar-refractivity contribution in [1.82, 2.24) is 10.3 Å². The van der Waals surface area contributed by atoms with Crippen molar-refractivity contribution in [2.24, 2.45) is 0 Å². The monoisotopic (exact) mass is 418 g/mol. The molecule has 3 aromatic carbocycles. The summed E-state index contributed by atoms with van der Waals surface area (Å²) in [7, 11) is 1.66. The van der Waals surface area contributed by atoms with Crippen molar-refractivity contribution in [3.63, 3.8) is 0 Å². The molecule has 1 heterocycles. The van der Waals surface area contributed by atoms with Crippen LogP contribution in [0.25, 0.3) is 10.9 Å². The smallest absolute Gasteiger partial charge is 0.353 e. The second kappa shape index (κ2) is 9.07. The Morgan fingerprint density at radius 2 is 1.70 bits per heavy atom. The van der Waals surface area contributed by atoms with Gasteiger partial charge in [0.05, 0.1) is 12.0 Å². The number of rotatable bonds is 8. The lowest BCUT2D eigenvalue weighted by Crippen LogP contribution is -2.12. The second-order valence-electron chi connectivity index (χ2n) is 6.88. The van der Waals surface area contributed by atoms with Gasteiger partial charge in [-0.25, -0.2) is 4.79 Å². The van der Waals surface area contributed by atoms with Crippen LogP contribution in [-0.2, 0) is 13.1 Å². The Morgan fingerprint density at radius 3 is 2.40 bits per heavy atom. The molecule has 152 valence electrons. The molecule has 30 heavy (non-hydrogen) atoms. The summed E-state index contributed by atoms with van der Waals surface area (Å²) in [6.07, 6.45) is 0. The Hall–Kier alpha value is -3.22. The predicted octanol–water partition coefficient (Wildman–Crippen LogP) is 5.32. The van der Waals surface area contributed by atoms with E-state index in [1.807, 2.05) is 72.8 Å². The lowest BCUT2D eigenvalue weighted by atomic mass is 10.1. The fraction of sp³-hybridized carbons (Fsp3) is 0.125. The van der Waals surface area contributed by atoms with Gasteiger partial charge in [-0.05, 0) is 41.5 Å². The summed E-state index contributed by atoms with van der Waals surface area (Å²) in [5, 5.41) is 14.0. The van der Waals surface area contributed by atoms with Gasteiger partial charge in [0.15, 0.2) is 0 Å². The third-order valence-corrected chi connectivity index (χ3v) is 5.95. The van der Waals surface area contributed by atoms with Crippen molar-refractivity contribution in [1.29, 1.82) is 0 Å². The first kappa shape index (κ1) is 20.1.